The van der Waals surface area contributed by atoms with Crippen LogP contribution in [0.25, 0.3) is 0 Å². The quantitative estimate of drug-likeness (QED) is 0.780. The summed E-state index contributed by atoms with van der Waals surface area (Å²) in [6.07, 6.45) is 2.26. The van der Waals surface area contributed by atoms with Crippen LogP contribution >= 0.6 is 0 Å². The van der Waals surface area contributed by atoms with Gasteiger partial charge in [0.25, 0.3) is 5.91 Å². The van der Waals surface area contributed by atoms with Crippen LogP contribution in [0.2, 0.25) is 0 Å². The number of H-pyrrole nitrogens is 1. The second-order valence-corrected chi connectivity index (χ2v) is 4.60. The summed E-state index contributed by atoms with van der Waals surface area (Å²) in [7, 11) is 0. The molecule has 2 heterocycles. The summed E-state index contributed by atoms with van der Waals surface area (Å²) in [5, 5.41) is 6.63. The summed E-state index contributed by atoms with van der Waals surface area (Å²) in [5.74, 6) is 1.47. The molecular formula is C11H18N4O. The van der Waals surface area contributed by atoms with E-state index in [2.05, 4.69) is 29.0 Å². The van der Waals surface area contributed by atoms with Crippen molar-refractivity contribution in [2.45, 2.75) is 39.7 Å². The van der Waals surface area contributed by atoms with Crippen LogP contribution < -0.4 is 0 Å². The monoisotopic (exact) mass is 222 g/mol. The lowest BCUT2D eigenvalue weighted by molar-refractivity contribution is 0.0539. The lowest BCUT2D eigenvalue weighted by Crippen LogP contribution is -2.46. The molecule has 0 aromatic carbocycles. The Bertz CT molecular complexity index is 387. The van der Waals surface area contributed by atoms with Gasteiger partial charge in [-0.15, -0.1) is 5.10 Å². The maximum atomic E-state index is 12.1. The normalized spacial score (nSPS) is 25.8. The fraction of sp³-hybridized carbons (Fsp3) is 0.727. The maximum absolute atomic E-state index is 12.1. The summed E-state index contributed by atoms with van der Waals surface area (Å²) in [5.41, 5.74) is 0. The van der Waals surface area contributed by atoms with E-state index in [0.717, 1.165) is 13.0 Å². The number of aromatic amines is 1. The van der Waals surface area contributed by atoms with Crippen LogP contribution in [-0.2, 0) is 0 Å². The molecule has 2 unspecified atom stereocenters. The van der Waals surface area contributed by atoms with Gasteiger partial charge in [-0.2, -0.15) is 0 Å². The minimum Gasteiger partial charge on any atom is -0.333 e. The van der Waals surface area contributed by atoms with E-state index < -0.39 is 0 Å². The van der Waals surface area contributed by atoms with E-state index >= 15 is 0 Å². The van der Waals surface area contributed by atoms with E-state index in [0.29, 0.717) is 17.6 Å². The SMILES string of the molecule is Cc1nc(C(=O)N2CCCC(C)C2C)n[nH]1. The number of amides is 1. The van der Waals surface area contributed by atoms with Crippen molar-refractivity contribution >= 4 is 5.91 Å². The molecule has 1 aliphatic heterocycles. The van der Waals surface area contributed by atoms with Crippen LogP contribution in [0.1, 0.15) is 43.1 Å². The summed E-state index contributed by atoms with van der Waals surface area (Å²) in [6, 6.07) is 0.278. The van der Waals surface area contributed by atoms with Crippen molar-refractivity contribution in [1.29, 1.82) is 0 Å². The fourth-order valence-corrected chi connectivity index (χ4v) is 2.19. The molecule has 1 amide bonds. The minimum absolute atomic E-state index is 0.0524. The van der Waals surface area contributed by atoms with Gasteiger partial charge in [0.2, 0.25) is 5.82 Å². The fourth-order valence-electron chi connectivity index (χ4n) is 2.19. The summed E-state index contributed by atoms with van der Waals surface area (Å²) in [4.78, 5) is 18.1. The van der Waals surface area contributed by atoms with Crippen LogP contribution in [0.15, 0.2) is 0 Å². The van der Waals surface area contributed by atoms with Crippen LogP contribution in [0, 0.1) is 12.8 Å². The number of carbonyl (C=O) groups excluding carboxylic acids is 1. The maximum Gasteiger partial charge on any atom is 0.293 e. The van der Waals surface area contributed by atoms with Gasteiger partial charge in [0, 0.05) is 12.6 Å². The molecule has 2 atom stereocenters. The van der Waals surface area contributed by atoms with Crippen molar-refractivity contribution in [2.24, 2.45) is 5.92 Å². The molecule has 0 radical (unpaired) electrons. The van der Waals surface area contributed by atoms with Crippen molar-refractivity contribution < 1.29 is 4.79 Å². The number of hydrogen-bond donors (Lipinski definition) is 1. The third-order valence-electron chi connectivity index (χ3n) is 3.42. The first-order valence-electron chi connectivity index (χ1n) is 5.79. The van der Waals surface area contributed by atoms with Gasteiger partial charge in [0.1, 0.15) is 5.82 Å². The Labute approximate surface area is 95.2 Å². The highest BCUT2D eigenvalue weighted by Gasteiger charge is 2.30. The van der Waals surface area contributed by atoms with Gasteiger partial charge in [-0.25, -0.2) is 4.98 Å². The highest BCUT2D eigenvalue weighted by Crippen LogP contribution is 2.23. The van der Waals surface area contributed by atoms with E-state index in [4.69, 9.17) is 0 Å². The lowest BCUT2D eigenvalue weighted by atomic mass is 9.92. The van der Waals surface area contributed by atoms with Gasteiger partial charge in [-0.1, -0.05) is 6.92 Å². The van der Waals surface area contributed by atoms with Crippen molar-refractivity contribution in [3.05, 3.63) is 11.6 Å². The van der Waals surface area contributed by atoms with Crippen molar-refractivity contribution in [3.63, 3.8) is 0 Å². The zero-order chi connectivity index (χ0) is 11.7. The van der Waals surface area contributed by atoms with Crippen LogP contribution in [0.5, 0.6) is 0 Å². The van der Waals surface area contributed by atoms with Crippen molar-refractivity contribution in [1.82, 2.24) is 20.1 Å². The average Bonchev–Trinajstić information content (AvgIpc) is 2.68. The summed E-state index contributed by atoms with van der Waals surface area (Å²) < 4.78 is 0. The highest BCUT2D eigenvalue weighted by molar-refractivity contribution is 5.90. The Kier molecular flexibility index (Phi) is 2.94. The van der Waals surface area contributed by atoms with E-state index in [1.807, 2.05) is 4.90 Å². The average molecular weight is 222 g/mol. The van der Waals surface area contributed by atoms with E-state index in [9.17, 15) is 4.79 Å². The van der Waals surface area contributed by atoms with Gasteiger partial charge in [0.05, 0.1) is 0 Å². The number of likely N-dealkylation sites (tertiary alicyclic amines) is 1. The number of rotatable bonds is 1. The molecule has 1 fully saturated rings. The number of hydrogen-bond acceptors (Lipinski definition) is 3. The zero-order valence-corrected chi connectivity index (χ0v) is 10.0. The molecule has 88 valence electrons. The van der Waals surface area contributed by atoms with Gasteiger partial charge < -0.3 is 4.90 Å². The third-order valence-corrected chi connectivity index (χ3v) is 3.42. The smallest absolute Gasteiger partial charge is 0.293 e. The van der Waals surface area contributed by atoms with Gasteiger partial charge in [-0.3, -0.25) is 9.89 Å². The first-order valence-corrected chi connectivity index (χ1v) is 5.79. The molecule has 0 bridgehead atoms. The van der Waals surface area contributed by atoms with Crippen molar-refractivity contribution in [2.75, 3.05) is 6.54 Å². The molecule has 1 aliphatic rings. The molecule has 0 spiro atoms. The van der Waals surface area contributed by atoms with E-state index in [1.165, 1.54) is 6.42 Å². The molecular weight excluding hydrogens is 204 g/mol. The zero-order valence-electron chi connectivity index (χ0n) is 10.0. The Hall–Kier alpha value is -1.39. The first-order chi connectivity index (χ1) is 7.59. The number of piperidine rings is 1. The molecule has 0 aliphatic carbocycles. The van der Waals surface area contributed by atoms with E-state index in [-0.39, 0.29) is 11.9 Å². The molecule has 1 aromatic heterocycles. The predicted molar refractivity (Wildman–Crippen MR) is 60.0 cm³/mol. The Morgan fingerprint density at radius 3 is 2.88 bits per heavy atom. The third kappa shape index (κ3) is 1.94. The predicted octanol–water partition coefficient (Wildman–Crippen LogP) is 1.37. The number of aromatic nitrogens is 3. The van der Waals surface area contributed by atoms with Crippen LogP contribution in [0.3, 0.4) is 0 Å². The molecule has 16 heavy (non-hydrogen) atoms. The summed E-state index contributed by atoms with van der Waals surface area (Å²) in [6.45, 7) is 6.90. The topological polar surface area (TPSA) is 61.9 Å². The van der Waals surface area contributed by atoms with Crippen LogP contribution in [0.4, 0.5) is 0 Å². The largest absolute Gasteiger partial charge is 0.333 e. The van der Waals surface area contributed by atoms with E-state index in [1.54, 1.807) is 6.92 Å². The highest BCUT2D eigenvalue weighted by atomic mass is 16.2. The summed E-state index contributed by atoms with van der Waals surface area (Å²) >= 11 is 0. The van der Waals surface area contributed by atoms with Gasteiger partial charge >= 0.3 is 0 Å². The molecule has 5 nitrogen and oxygen atoms in total. The van der Waals surface area contributed by atoms with Gasteiger partial charge in [0.15, 0.2) is 0 Å². The van der Waals surface area contributed by atoms with Gasteiger partial charge in [-0.05, 0) is 32.6 Å². The standard InChI is InChI=1S/C11H18N4O/c1-7-5-4-6-15(8(7)2)11(16)10-12-9(3)13-14-10/h7-8H,4-6H2,1-3H3,(H,12,13,14). The minimum atomic E-state index is -0.0524. The molecule has 5 heteroatoms. The molecule has 2 rings (SSSR count). The number of nitrogens with one attached hydrogen (secondary N) is 1. The molecule has 1 N–H and O–H groups in total. The second-order valence-electron chi connectivity index (χ2n) is 4.60. The first kappa shape index (κ1) is 11.1. The lowest BCUT2D eigenvalue weighted by Gasteiger charge is -2.37. The Morgan fingerprint density at radius 1 is 1.50 bits per heavy atom. The Morgan fingerprint density at radius 2 is 2.25 bits per heavy atom. The molecule has 1 saturated heterocycles. The number of nitrogens with zero attached hydrogens (tertiary/aromatic N) is 3. The number of aryl methyl sites for hydroxylation is 1. The number of carbonyl (C=O) groups is 1. The second kappa shape index (κ2) is 4.23. The van der Waals surface area contributed by atoms with Crippen molar-refractivity contribution in [3.8, 4) is 0 Å². The molecule has 1 aromatic rings. The van der Waals surface area contributed by atoms with Crippen LogP contribution in [-0.4, -0.2) is 38.6 Å². The molecule has 0 saturated carbocycles. The Balaban J connectivity index is 2.15.